The fourth-order valence-corrected chi connectivity index (χ4v) is 5.60. The van der Waals surface area contributed by atoms with Gasteiger partial charge in [0.15, 0.2) is 11.0 Å². The zero-order valence-electron chi connectivity index (χ0n) is 17.2. The number of ether oxygens (including phenoxy) is 2. The normalized spacial score (nSPS) is 27.2. The molecule has 3 atom stereocenters. The lowest BCUT2D eigenvalue weighted by Crippen LogP contribution is -2.75. The zero-order valence-corrected chi connectivity index (χ0v) is 17.9. The van der Waals surface area contributed by atoms with Crippen LogP contribution in [0.1, 0.15) is 25.1 Å². The third kappa shape index (κ3) is 2.71. The number of nitrogens with one attached hydrogen (secondary N) is 2. The summed E-state index contributed by atoms with van der Waals surface area (Å²) in [6.07, 6.45) is -0.604. The molecule has 164 valence electrons. The Kier molecular flexibility index (Phi) is 4.51. The van der Waals surface area contributed by atoms with Crippen molar-refractivity contribution in [2.45, 2.75) is 45.1 Å². The van der Waals surface area contributed by atoms with Crippen LogP contribution in [0.25, 0.3) is 11.0 Å². The molecular formula is C20H21ClN4O6. The minimum Gasteiger partial charge on any atom is -0.378 e. The van der Waals surface area contributed by atoms with Crippen molar-refractivity contribution >= 4 is 46.1 Å². The molecule has 0 unspecified atom stereocenters. The molecule has 1 aromatic heterocycles. The molecule has 2 fully saturated rings. The van der Waals surface area contributed by atoms with Crippen molar-refractivity contribution in [1.29, 1.82) is 0 Å². The number of imide groups is 2. The largest absolute Gasteiger partial charge is 0.378 e. The van der Waals surface area contributed by atoms with Crippen LogP contribution in [0.5, 0.6) is 0 Å². The standard InChI is InChI=1S/C20H21ClN4O6/c1-8-6-25-14-10(4-11-12(7-29-3)24-31-15(11)13(14)21)5-20(16(25)9(2)30-8)17(26)22-19(28)23-18(20)27/h4,8-9,16H,5-7H2,1-3H3,(H2,22,23,26,27,28)/t8-,9+,16-/m0/s1. The van der Waals surface area contributed by atoms with Crippen LogP contribution >= 0.6 is 11.6 Å². The molecule has 5 rings (SSSR count). The molecular weight excluding hydrogens is 428 g/mol. The Morgan fingerprint density at radius 3 is 2.68 bits per heavy atom. The number of hydrogen-bond donors (Lipinski definition) is 2. The number of amides is 4. The first-order valence-electron chi connectivity index (χ1n) is 9.95. The predicted octanol–water partition coefficient (Wildman–Crippen LogP) is 1.52. The SMILES string of the molecule is COCc1noc2c(Cl)c3c(cc12)CC1(C(=O)NC(=O)NC1=O)[C@@H]1[C@@H](C)O[C@@H](C)CN31. The van der Waals surface area contributed by atoms with Gasteiger partial charge in [-0.1, -0.05) is 16.8 Å². The third-order valence-electron chi connectivity index (χ3n) is 6.32. The number of rotatable bonds is 2. The molecule has 2 N–H and O–H groups in total. The van der Waals surface area contributed by atoms with Crippen LogP contribution in [0.2, 0.25) is 5.02 Å². The first-order chi connectivity index (χ1) is 14.8. The van der Waals surface area contributed by atoms with Crippen molar-refractivity contribution in [3.8, 4) is 0 Å². The molecule has 0 aliphatic carbocycles. The van der Waals surface area contributed by atoms with E-state index in [1.54, 1.807) is 7.11 Å². The van der Waals surface area contributed by atoms with Gasteiger partial charge in [-0.25, -0.2) is 4.79 Å². The average Bonchev–Trinajstić information content (AvgIpc) is 3.08. The molecule has 3 aliphatic rings. The van der Waals surface area contributed by atoms with Crippen LogP contribution in [0.4, 0.5) is 10.5 Å². The highest BCUT2D eigenvalue weighted by Gasteiger charge is 2.63. The number of barbiturate groups is 1. The van der Waals surface area contributed by atoms with Crippen molar-refractivity contribution in [2.75, 3.05) is 18.6 Å². The number of nitrogens with zero attached hydrogens (tertiary/aromatic N) is 2. The molecule has 0 bridgehead atoms. The lowest BCUT2D eigenvalue weighted by Gasteiger charge is -2.55. The molecule has 2 aromatic rings. The first-order valence-corrected chi connectivity index (χ1v) is 10.3. The van der Waals surface area contributed by atoms with Crippen LogP contribution in [0, 0.1) is 5.41 Å². The van der Waals surface area contributed by atoms with E-state index in [0.29, 0.717) is 39.5 Å². The maximum absolute atomic E-state index is 13.2. The van der Waals surface area contributed by atoms with Crippen LogP contribution in [0.3, 0.4) is 0 Å². The fraction of sp³-hybridized carbons (Fsp3) is 0.500. The van der Waals surface area contributed by atoms with E-state index in [2.05, 4.69) is 15.8 Å². The molecule has 31 heavy (non-hydrogen) atoms. The van der Waals surface area contributed by atoms with E-state index < -0.39 is 35.4 Å². The Bertz CT molecular complexity index is 1110. The van der Waals surface area contributed by atoms with E-state index in [9.17, 15) is 14.4 Å². The summed E-state index contributed by atoms with van der Waals surface area (Å²) in [7, 11) is 1.55. The summed E-state index contributed by atoms with van der Waals surface area (Å²) in [6, 6.07) is 0.340. The van der Waals surface area contributed by atoms with Crippen LogP contribution < -0.4 is 15.5 Å². The number of hydrogen-bond acceptors (Lipinski definition) is 8. The molecule has 4 heterocycles. The number of morpholine rings is 1. The predicted molar refractivity (Wildman–Crippen MR) is 109 cm³/mol. The summed E-state index contributed by atoms with van der Waals surface area (Å²) in [5, 5.41) is 9.61. The number of aromatic nitrogens is 1. The van der Waals surface area contributed by atoms with Gasteiger partial charge in [-0.15, -0.1) is 0 Å². The van der Waals surface area contributed by atoms with E-state index in [1.165, 1.54) is 0 Å². The molecule has 1 spiro atoms. The number of carbonyl (C=O) groups is 3. The van der Waals surface area contributed by atoms with E-state index in [1.807, 2.05) is 24.8 Å². The highest BCUT2D eigenvalue weighted by Crippen LogP contribution is 2.51. The quantitative estimate of drug-likeness (QED) is 0.663. The van der Waals surface area contributed by atoms with Gasteiger partial charge in [0.25, 0.3) is 0 Å². The lowest BCUT2D eigenvalue weighted by molar-refractivity contribution is -0.153. The Balaban J connectivity index is 1.77. The van der Waals surface area contributed by atoms with Gasteiger partial charge in [0.1, 0.15) is 10.7 Å². The summed E-state index contributed by atoms with van der Waals surface area (Å²) in [6.45, 7) is 4.35. The summed E-state index contributed by atoms with van der Waals surface area (Å²) < 4.78 is 16.7. The van der Waals surface area contributed by atoms with Crippen molar-refractivity contribution in [3.63, 3.8) is 0 Å². The topological polar surface area (TPSA) is 123 Å². The summed E-state index contributed by atoms with van der Waals surface area (Å²) in [5.41, 5.74) is 0.798. The van der Waals surface area contributed by atoms with Crippen molar-refractivity contribution in [3.05, 3.63) is 22.3 Å². The number of benzene rings is 1. The highest BCUT2D eigenvalue weighted by molar-refractivity contribution is 6.38. The van der Waals surface area contributed by atoms with E-state index in [-0.39, 0.29) is 19.1 Å². The molecule has 10 nitrogen and oxygen atoms in total. The Morgan fingerprint density at radius 2 is 2.00 bits per heavy atom. The Hall–Kier alpha value is -2.69. The van der Waals surface area contributed by atoms with Gasteiger partial charge in [0.05, 0.1) is 30.5 Å². The number of methoxy groups -OCH3 is 1. The molecule has 0 radical (unpaired) electrons. The van der Waals surface area contributed by atoms with E-state index >= 15 is 0 Å². The summed E-state index contributed by atoms with van der Waals surface area (Å²) in [5.74, 6) is -1.30. The minimum atomic E-state index is -1.56. The van der Waals surface area contributed by atoms with Gasteiger partial charge in [-0.3, -0.25) is 20.2 Å². The van der Waals surface area contributed by atoms with Crippen molar-refractivity contribution < 1.29 is 28.4 Å². The van der Waals surface area contributed by atoms with E-state index in [4.69, 9.17) is 25.6 Å². The molecule has 0 saturated carbocycles. The molecule has 11 heteroatoms. The van der Waals surface area contributed by atoms with Crippen molar-refractivity contribution in [2.24, 2.45) is 5.41 Å². The smallest absolute Gasteiger partial charge is 0.328 e. The molecule has 3 aliphatic heterocycles. The average molecular weight is 449 g/mol. The lowest BCUT2D eigenvalue weighted by atomic mass is 9.66. The highest BCUT2D eigenvalue weighted by atomic mass is 35.5. The molecule has 2 saturated heterocycles. The van der Waals surface area contributed by atoms with Gasteiger partial charge in [0.2, 0.25) is 11.8 Å². The van der Waals surface area contributed by atoms with Crippen molar-refractivity contribution in [1.82, 2.24) is 15.8 Å². The molecule has 4 amide bonds. The fourth-order valence-electron chi connectivity index (χ4n) is 5.24. The van der Waals surface area contributed by atoms with Gasteiger partial charge in [0, 0.05) is 19.0 Å². The Morgan fingerprint density at radius 1 is 1.29 bits per heavy atom. The van der Waals surface area contributed by atoms with Crippen LogP contribution in [-0.4, -0.2) is 54.9 Å². The number of urea groups is 1. The van der Waals surface area contributed by atoms with Crippen LogP contribution in [0.15, 0.2) is 10.6 Å². The van der Waals surface area contributed by atoms with Gasteiger partial charge in [-0.2, -0.15) is 0 Å². The minimum absolute atomic E-state index is 0.0454. The maximum atomic E-state index is 13.2. The third-order valence-corrected chi connectivity index (χ3v) is 6.67. The number of fused-ring (bicyclic) bond motifs is 5. The second kappa shape index (κ2) is 6.91. The summed E-state index contributed by atoms with van der Waals surface area (Å²) >= 11 is 6.80. The van der Waals surface area contributed by atoms with Gasteiger partial charge in [-0.05, 0) is 31.9 Å². The number of anilines is 1. The van der Waals surface area contributed by atoms with E-state index in [0.717, 1.165) is 0 Å². The monoisotopic (exact) mass is 448 g/mol. The first kappa shape index (κ1) is 20.2. The maximum Gasteiger partial charge on any atom is 0.328 e. The second-order valence-corrected chi connectivity index (χ2v) is 8.65. The Labute approximate surface area is 182 Å². The zero-order chi connectivity index (χ0) is 22.1. The number of halogens is 1. The van der Waals surface area contributed by atoms with Crippen LogP contribution in [-0.2, 0) is 32.1 Å². The second-order valence-electron chi connectivity index (χ2n) is 8.27. The summed E-state index contributed by atoms with van der Waals surface area (Å²) in [4.78, 5) is 40.1. The number of carbonyl (C=O) groups excluding carboxylic acids is 3. The molecule has 1 aromatic carbocycles. The van der Waals surface area contributed by atoms with Gasteiger partial charge >= 0.3 is 6.03 Å². The van der Waals surface area contributed by atoms with Gasteiger partial charge < -0.3 is 18.9 Å².